The zero-order chi connectivity index (χ0) is 11.4. The molecule has 0 unspecified atom stereocenters. The minimum Gasteiger partial charge on any atom is -0.394 e. The maximum atomic E-state index is 11.5. The van der Waals surface area contributed by atoms with Crippen LogP contribution in [0.5, 0.6) is 0 Å². The van der Waals surface area contributed by atoms with E-state index in [0.29, 0.717) is 6.04 Å². The van der Waals surface area contributed by atoms with Crippen LogP contribution < -0.4 is 10.6 Å². The fraction of sp³-hybridized carbons (Fsp3) is 0.417. The fourth-order valence-electron chi connectivity index (χ4n) is 1.53. The number of benzene rings is 1. The molecule has 0 bridgehead atoms. The predicted octanol–water partition coefficient (Wildman–Crippen LogP) is 1.18. The largest absolute Gasteiger partial charge is 0.394 e. The van der Waals surface area contributed by atoms with Crippen molar-refractivity contribution in [1.82, 2.24) is 10.6 Å². The number of carbonyl (C=O) groups excluding carboxylic acids is 1. The lowest BCUT2D eigenvalue weighted by Crippen LogP contribution is -2.40. The first-order valence-corrected chi connectivity index (χ1v) is 5.52. The first-order chi connectivity index (χ1) is 7.79. The van der Waals surface area contributed by atoms with Crippen LogP contribution in [0.2, 0.25) is 0 Å². The third kappa shape index (κ3) is 2.97. The highest BCUT2D eigenvalue weighted by atomic mass is 16.3. The van der Waals surface area contributed by atoms with Crippen molar-refractivity contribution in [2.45, 2.75) is 24.9 Å². The molecule has 1 aromatic carbocycles. The summed E-state index contributed by atoms with van der Waals surface area (Å²) in [6.07, 6.45) is 2.12. The molecule has 1 saturated carbocycles. The van der Waals surface area contributed by atoms with Crippen molar-refractivity contribution in [3.8, 4) is 0 Å². The van der Waals surface area contributed by atoms with Crippen LogP contribution in [0.4, 0.5) is 4.79 Å². The number of aliphatic hydroxyl groups excluding tert-OH is 1. The summed E-state index contributed by atoms with van der Waals surface area (Å²) in [5, 5.41) is 14.8. The zero-order valence-electron chi connectivity index (χ0n) is 9.02. The van der Waals surface area contributed by atoms with Gasteiger partial charge in [-0.1, -0.05) is 30.3 Å². The molecule has 1 fully saturated rings. The molecule has 4 nitrogen and oxygen atoms in total. The summed E-state index contributed by atoms with van der Waals surface area (Å²) in [6, 6.07) is 9.25. The second-order valence-corrected chi connectivity index (χ2v) is 4.04. The Morgan fingerprint density at radius 2 is 2.06 bits per heavy atom. The Kier molecular flexibility index (Phi) is 3.41. The van der Waals surface area contributed by atoms with E-state index in [1.54, 1.807) is 0 Å². The Bertz CT molecular complexity index is 349. The van der Waals surface area contributed by atoms with E-state index in [0.717, 1.165) is 18.4 Å². The third-order valence-corrected chi connectivity index (χ3v) is 2.60. The normalized spacial score (nSPS) is 16.6. The molecule has 1 aliphatic carbocycles. The van der Waals surface area contributed by atoms with Crippen LogP contribution in [0, 0.1) is 0 Å². The van der Waals surface area contributed by atoms with Crippen LogP contribution in [0.25, 0.3) is 0 Å². The van der Waals surface area contributed by atoms with Gasteiger partial charge in [0, 0.05) is 6.04 Å². The third-order valence-electron chi connectivity index (χ3n) is 2.60. The van der Waals surface area contributed by atoms with Gasteiger partial charge in [-0.15, -0.1) is 0 Å². The second kappa shape index (κ2) is 4.99. The molecular weight excluding hydrogens is 204 g/mol. The highest BCUT2D eigenvalue weighted by Crippen LogP contribution is 2.18. The first-order valence-electron chi connectivity index (χ1n) is 5.52. The van der Waals surface area contributed by atoms with Gasteiger partial charge in [0.25, 0.3) is 0 Å². The molecule has 1 aliphatic rings. The van der Waals surface area contributed by atoms with Gasteiger partial charge < -0.3 is 15.7 Å². The molecule has 0 aromatic heterocycles. The van der Waals surface area contributed by atoms with Crippen LogP contribution in [-0.4, -0.2) is 23.8 Å². The lowest BCUT2D eigenvalue weighted by Gasteiger charge is -2.17. The van der Waals surface area contributed by atoms with E-state index in [1.807, 2.05) is 30.3 Å². The van der Waals surface area contributed by atoms with Crippen molar-refractivity contribution in [2.75, 3.05) is 6.61 Å². The Balaban J connectivity index is 1.91. The van der Waals surface area contributed by atoms with E-state index >= 15 is 0 Å². The van der Waals surface area contributed by atoms with Crippen LogP contribution in [0.15, 0.2) is 30.3 Å². The van der Waals surface area contributed by atoms with Crippen LogP contribution in [0.1, 0.15) is 24.4 Å². The Hall–Kier alpha value is -1.55. The van der Waals surface area contributed by atoms with E-state index in [-0.39, 0.29) is 18.7 Å². The highest BCUT2D eigenvalue weighted by Gasteiger charge is 2.24. The van der Waals surface area contributed by atoms with Gasteiger partial charge in [0.1, 0.15) is 0 Å². The zero-order valence-corrected chi connectivity index (χ0v) is 9.02. The highest BCUT2D eigenvalue weighted by molar-refractivity contribution is 5.75. The number of hydrogen-bond donors (Lipinski definition) is 3. The summed E-state index contributed by atoms with van der Waals surface area (Å²) < 4.78 is 0. The topological polar surface area (TPSA) is 61.4 Å². The van der Waals surface area contributed by atoms with Crippen LogP contribution in [-0.2, 0) is 0 Å². The summed E-state index contributed by atoms with van der Waals surface area (Å²) in [7, 11) is 0. The van der Waals surface area contributed by atoms with Crippen molar-refractivity contribution in [2.24, 2.45) is 0 Å². The summed E-state index contributed by atoms with van der Waals surface area (Å²) in [5.41, 5.74) is 0.913. The Morgan fingerprint density at radius 1 is 1.38 bits per heavy atom. The van der Waals surface area contributed by atoms with Gasteiger partial charge in [-0.25, -0.2) is 4.79 Å². The van der Waals surface area contributed by atoms with Crippen molar-refractivity contribution in [3.63, 3.8) is 0 Å². The van der Waals surface area contributed by atoms with Crippen molar-refractivity contribution < 1.29 is 9.90 Å². The van der Waals surface area contributed by atoms with E-state index in [1.165, 1.54) is 0 Å². The number of aliphatic hydroxyl groups is 1. The quantitative estimate of drug-likeness (QED) is 0.713. The molecule has 2 rings (SSSR count). The van der Waals surface area contributed by atoms with Gasteiger partial charge in [0.15, 0.2) is 0 Å². The van der Waals surface area contributed by atoms with E-state index in [9.17, 15) is 9.90 Å². The average molecular weight is 220 g/mol. The SMILES string of the molecule is O=C(NC1CC1)N[C@@H](CO)c1ccccc1. The molecular formula is C12H16N2O2. The minimum atomic E-state index is -0.333. The van der Waals surface area contributed by atoms with E-state index in [4.69, 9.17) is 0 Å². The maximum absolute atomic E-state index is 11.5. The molecule has 0 spiro atoms. The van der Waals surface area contributed by atoms with Crippen LogP contribution >= 0.6 is 0 Å². The number of hydrogen-bond acceptors (Lipinski definition) is 2. The van der Waals surface area contributed by atoms with E-state index < -0.39 is 0 Å². The fourth-order valence-corrected chi connectivity index (χ4v) is 1.53. The van der Waals surface area contributed by atoms with Gasteiger partial charge >= 0.3 is 6.03 Å². The van der Waals surface area contributed by atoms with Gasteiger partial charge in [0.2, 0.25) is 0 Å². The summed E-state index contributed by atoms with van der Waals surface area (Å²) in [5.74, 6) is 0. The number of urea groups is 1. The van der Waals surface area contributed by atoms with Gasteiger partial charge in [-0.2, -0.15) is 0 Å². The van der Waals surface area contributed by atoms with Gasteiger partial charge in [-0.3, -0.25) is 0 Å². The van der Waals surface area contributed by atoms with Crippen molar-refractivity contribution >= 4 is 6.03 Å². The monoisotopic (exact) mass is 220 g/mol. The number of amides is 2. The molecule has 0 aliphatic heterocycles. The standard InChI is InChI=1S/C12H16N2O2/c15-8-11(9-4-2-1-3-5-9)14-12(16)13-10-6-7-10/h1-5,10-11,15H,6-8H2,(H2,13,14,16)/t11-/m0/s1. The number of rotatable bonds is 4. The molecule has 4 heteroatoms. The van der Waals surface area contributed by atoms with Crippen LogP contribution in [0.3, 0.4) is 0 Å². The molecule has 3 N–H and O–H groups in total. The molecule has 86 valence electrons. The van der Waals surface area contributed by atoms with Crippen molar-refractivity contribution in [1.29, 1.82) is 0 Å². The maximum Gasteiger partial charge on any atom is 0.315 e. The molecule has 1 atom stereocenters. The molecule has 1 aromatic rings. The smallest absolute Gasteiger partial charge is 0.315 e. The van der Waals surface area contributed by atoms with Crippen molar-refractivity contribution in [3.05, 3.63) is 35.9 Å². The second-order valence-electron chi connectivity index (χ2n) is 4.04. The summed E-state index contributed by atoms with van der Waals surface area (Å²) >= 11 is 0. The number of nitrogens with one attached hydrogen (secondary N) is 2. The van der Waals surface area contributed by atoms with E-state index in [2.05, 4.69) is 10.6 Å². The molecule has 16 heavy (non-hydrogen) atoms. The van der Waals surface area contributed by atoms with Gasteiger partial charge in [-0.05, 0) is 18.4 Å². The minimum absolute atomic E-state index is 0.0951. The lowest BCUT2D eigenvalue weighted by atomic mass is 10.1. The lowest BCUT2D eigenvalue weighted by molar-refractivity contribution is 0.216. The first kappa shape index (κ1) is 11.0. The molecule has 0 saturated heterocycles. The number of carbonyl (C=O) groups is 1. The van der Waals surface area contributed by atoms with Gasteiger partial charge in [0.05, 0.1) is 12.6 Å². The molecule has 0 radical (unpaired) electrons. The average Bonchev–Trinajstić information content (AvgIpc) is 3.11. The predicted molar refractivity (Wildman–Crippen MR) is 61.0 cm³/mol. The Labute approximate surface area is 94.7 Å². The summed E-state index contributed by atoms with van der Waals surface area (Å²) in [6.45, 7) is -0.0951. The molecule has 0 heterocycles. The Morgan fingerprint density at radius 3 is 2.62 bits per heavy atom. The molecule has 2 amide bonds. The summed E-state index contributed by atoms with van der Waals surface area (Å²) in [4.78, 5) is 11.5.